The SMILES string of the molecule is O=C(CNc1cccc(S(=O)(=O)N2CCCCC2)c1)N1CCN(c2ccc(F)cc2)CC1. The molecule has 2 aliphatic rings. The average molecular weight is 461 g/mol. The van der Waals surface area contributed by atoms with Crippen molar-refractivity contribution < 1.29 is 17.6 Å². The van der Waals surface area contributed by atoms with Crippen molar-refractivity contribution in [2.45, 2.75) is 24.2 Å². The Labute approximate surface area is 188 Å². The second-order valence-corrected chi connectivity index (χ2v) is 10.1. The van der Waals surface area contributed by atoms with E-state index in [1.807, 2.05) is 0 Å². The van der Waals surface area contributed by atoms with Crippen molar-refractivity contribution >= 4 is 27.3 Å². The molecule has 0 spiro atoms. The lowest BCUT2D eigenvalue weighted by molar-refractivity contribution is -0.129. The van der Waals surface area contributed by atoms with E-state index in [4.69, 9.17) is 0 Å². The monoisotopic (exact) mass is 460 g/mol. The van der Waals surface area contributed by atoms with Gasteiger partial charge < -0.3 is 15.1 Å². The maximum absolute atomic E-state index is 13.1. The number of anilines is 2. The first-order valence-corrected chi connectivity index (χ1v) is 12.5. The average Bonchev–Trinajstić information content (AvgIpc) is 2.84. The normalized spacial score (nSPS) is 17.9. The summed E-state index contributed by atoms with van der Waals surface area (Å²) in [6, 6.07) is 13.1. The summed E-state index contributed by atoms with van der Waals surface area (Å²) in [5.74, 6) is -0.297. The van der Waals surface area contributed by atoms with Crippen LogP contribution in [0, 0.1) is 5.82 Å². The van der Waals surface area contributed by atoms with Gasteiger partial charge in [0.15, 0.2) is 0 Å². The molecule has 1 amide bonds. The topological polar surface area (TPSA) is 73.0 Å². The van der Waals surface area contributed by atoms with Gasteiger partial charge in [0.1, 0.15) is 5.82 Å². The van der Waals surface area contributed by atoms with Gasteiger partial charge in [-0.05, 0) is 55.3 Å². The summed E-state index contributed by atoms with van der Waals surface area (Å²) in [6.45, 7) is 3.75. The minimum Gasteiger partial charge on any atom is -0.376 e. The molecule has 2 aromatic rings. The lowest BCUT2D eigenvalue weighted by atomic mass is 10.2. The Bertz CT molecular complexity index is 1030. The molecule has 32 heavy (non-hydrogen) atoms. The third-order valence-electron chi connectivity index (χ3n) is 6.05. The highest BCUT2D eigenvalue weighted by Gasteiger charge is 2.26. The van der Waals surface area contributed by atoms with Crippen molar-refractivity contribution in [1.29, 1.82) is 0 Å². The first kappa shape index (κ1) is 22.5. The number of carbonyl (C=O) groups is 1. The molecule has 0 radical (unpaired) electrons. The van der Waals surface area contributed by atoms with Gasteiger partial charge in [-0.2, -0.15) is 4.31 Å². The number of hydrogen-bond donors (Lipinski definition) is 1. The molecule has 0 aliphatic carbocycles. The highest BCUT2D eigenvalue weighted by atomic mass is 32.2. The molecule has 0 unspecified atom stereocenters. The summed E-state index contributed by atoms with van der Waals surface area (Å²) in [5, 5.41) is 3.08. The van der Waals surface area contributed by atoms with Crippen LogP contribution >= 0.6 is 0 Å². The molecule has 172 valence electrons. The van der Waals surface area contributed by atoms with Crippen molar-refractivity contribution in [2.75, 3.05) is 56.0 Å². The van der Waals surface area contributed by atoms with Gasteiger partial charge in [-0.3, -0.25) is 4.79 Å². The molecule has 2 aromatic carbocycles. The molecule has 2 saturated heterocycles. The van der Waals surface area contributed by atoms with E-state index in [9.17, 15) is 17.6 Å². The van der Waals surface area contributed by atoms with Crippen molar-refractivity contribution in [3.05, 3.63) is 54.3 Å². The van der Waals surface area contributed by atoms with E-state index < -0.39 is 10.0 Å². The Morgan fingerprint density at radius 3 is 2.28 bits per heavy atom. The first-order chi connectivity index (χ1) is 15.4. The molecule has 0 aromatic heterocycles. The predicted molar refractivity (Wildman–Crippen MR) is 123 cm³/mol. The van der Waals surface area contributed by atoms with Gasteiger partial charge >= 0.3 is 0 Å². The van der Waals surface area contributed by atoms with Crippen molar-refractivity contribution in [2.24, 2.45) is 0 Å². The number of nitrogens with zero attached hydrogens (tertiary/aromatic N) is 3. The van der Waals surface area contributed by atoms with E-state index in [2.05, 4.69) is 10.2 Å². The maximum atomic E-state index is 13.1. The van der Waals surface area contributed by atoms with E-state index in [1.165, 1.54) is 12.1 Å². The maximum Gasteiger partial charge on any atom is 0.243 e. The van der Waals surface area contributed by atoms with Crippen molar-refractivity contribution in [3.63, 3.8) is 0 Å². The largest absolute Gasteiger partial charge is 0.376 e. The number of nitrogens with one attached hydrogen (secondary N) is 1. The molecule has 0 saturated carbocycles. The fraction of sp³-hybridized carbons (Fsp3) is 0.435. The summed E-state index contributed by atoms with van der Waals surface area (Å²) in [5.41, 5.74) is 1.56. The summed E-state index contributed by atoms with van der Waals surface area (Å²) in [7, 11) is -3.51. The molecule has 7 nitrogen and oxygen atoms in total. The number of hydrogen-bond acceptors (Lipinski definition) is 5. The van der Waals surface area contributed by atoms with Crippen LogP contribution in [0.2, 0.25) is 0 Å². The van der Waals surface area contributed by atoms with Gasteiger partial charge in [-0.25, -0.2) is 12.8 Å². The molecule has 4 rings (SSSR count). The van der Waals surface area contributed by atoms with Crippen molar-refractivity contribution in [1.82, 2.24) is 9.21 Å². The fourth-order valence-electron chi connectivity index (χ4n) is 4.18. The summed E-state index contributed by atoms with van der Waals surface area (Å²) >= 11 is 0. The Kier molecular flexibility index (Phi) is 6.95. The first-order valence-electron chi connectivity index (χ1n) is 11.1. The van der Waals surface area contributed by atoms with Crippen LogP contribution in [0.1, 0.15) is 19.3 Å². The second kappa shape index (κ2) is 9.87. The number of piperidine rings is 1. The Hall–Kier alpha value is -2.65. The summed E-state index contributed by atoms with van der Waals surface area (Å²) < 4.78 is 40.4. The molecular weight excluding hydrogens is 431 g/mol. The third-order valence-corrected chi connectivity index (χ3v) is 7.95. The molecule has 2 heterocycles. The van der Waals surface area contributed by atoms with Crippen LogP contribution in [0.15, 0.2) is 53.4 Å². The van der Waals surface area contributed by atoms with E-state index in [0.717, 1.165) is 24.9 Å². The van der Waals surface area contributed by atoms with Crippen LogP contribution in [0.3, 0.4) is 0 Å². The van der Waals surface area contributed by atoms with Crippen LogP contribution in [0.25, 0.3) is 0 Å². The van der Waals surface area contributed by atoms with Crippen molar-refractivity contribution in [3.8, 4) is 0 Å². The number of carbonyl (C=O) groups excluding carboxylic acids is 1. The number of rotatable bonds is 6. The smallest absolute Gasteiger partial charge is 0.243 e. The van der Waals surface area contributed by atoms with Gasteiger partial charge in [-0.1, -0.05) is 12.5 Å². The zero-order valence-corrected chi connectivity index (χ0v) is 18.9. The molecule has 1 N–H and O–H groups in total. The lowest BCUT2D eigenvalue weighted by Gasteiger charge is -2.36. The summed E-state index contributed by atoms with van der Waals surface area (Å²) in [4.78, 5) is 16.8. The Morgan fingerprint density at radius 2 is 1.59 bits per heavy atom. The van der Waals surface area contributed by atoms with Gasteiger partial charge in [0.05, 0.1) is 11.4 Å². The standard InChI is InChI=1S/C23H29FN4O3S/c24-19-7-9-21(10-8-19)26-13-15-27(16-14-26)23(29)18-25-20-5-4-6-22(17-20)32(30,31)28-11-2-1-3-12-28/h4-10,17,25H,1-3,11-16,18H2. The molecule has 2 aliphatic heterocycles. The Morgan fingerprint density at radius 1 is 0.906 bits per heavy atom. The van der Waals surface area contributed by atoms with E-state index in [0.29, 0.717) is 45.0 Å². The quantitative estimate of drug-likeness (QED) is 0.718. The van der Waals surface area contributed by atoms with Gasteiger partial charge in [0, 0.05) is 50.6 Å². The number of sulfonamides is 1. The highest BCUT2D eigenvalue weighted by Crippen LogP contribution is 2.23. The van der Waals surface area contributed by atoms with Crippen LogP contribution in [-0.2, 0) is 14.8 Å². The Balaban J connectivity index is 1.31. The number of benzene rings is 2. The third kappa shape index (κ3) is 5.21. The molecule has 2 fully saturated rings. The minimum absolute atomic E-state index is 0.0342. The van der Waals surface area contributed by atoms with Crippen LogP contribution in [-0.4, -0.2) is 69.3 Å². The predicted octanol–water partition coefficient (Wildman–Crippen LogP) is 2.76. The van der Waals surface area contributed by atoms with Crippen LogP contribution in [0.4, 0.5) is 15.8 Å². The molecule has 9 heteroatoms. The molecular formula is C23H29FN4O3S. The highest BCUT2D eigenvalue weighted by molar-refractivity contribution is 7.89. The lowest BCUT2D eigenvalue weighted by Crippen LogP contribution is -2.50. The fourth-order valence-corrected chi connectivity index (χ4v) is 5.74. The zero-order valence-electron chi connectivity index (χ0n) is 18.0. The minimum atomic E-state index is -3.51. The number of piperazine rings is 1. The number of halogens is 1. The van der Waals surface area contributed by atoms with E-state index >= 15 is 0 Å². The molecule has 0 atom stereocenters. The summed E-state index contributed by atoms with van der Waals surface area (Å²) in [6.07, 6.45) is 2.84. The number of amides is 1. The van der Waals surface area contributed by atoms with Gasteiger partial charge in [0.25, 0.3) is 0 Å². The second-order valence-electron chi connectivity index (χ2n) is 8.19. The van der Waals surface area contributed by atoms with Gasteiger partial charge in [-0.15, -0.1) is 0 Å². The van der Waals surface area contributed by atoms with Crippen LogP contribution in [0.5, 0.6) is 0 Å². The van der Waals surface area contributed by atoms with E-state index in [1.54, 1.807) is 45.6 Å². The zero-order chi connectivity index (χ0) is 22.6. The molecule has 0 bridgehead atoms. The van der Waals surface area contributed by atoms with Gasteiger partial charge in [0.2, 0.25) is 15.9 Å². The van der Waals surface area contributed by atoms with E-state index in [-0.39, 0.29) is 23.2 Å². The van der Waals surface area contributed by atoms with Crippen LogP contribution < -0.4 is 10.2 Å².